The van der Waals surface area contributed by atoms with Gasteiger partial charge in [-0.2, -0.15) is 0 Å². The lowest BCUT2D eigenvalue weighted by Gasteiger charge is -2.34. The van der Waals surface area contributed by atoms with Gasteiger partial charge in [-0.3, -0.25) is 9.59 Å². The SMILES string of the molecule is CC(C)(C)NC(=O)[C@H](Cc1ccccc1)N(Cc1ccc(Cl)cc1Cl)C(=O)CCCSc1ccc(Cl)cc1. The molecule has 0 aromatic heterocycles. The van der Waals surface area contributed by atoms with E-state index in [1.54, 1.807) is 28.8 Å². The molecule has 8 heteroatoms. The van der Waals surface area contributed by atoms with E-state index in [0.717, 1.165) is 21.8 Å². The first-order valence-corrected chi connectivity index (χ1v) is 14.6. The van der Waals surface area contributed by atoms with Crippen LogP contribution < -0.4 is 5.32 Å². The molecule has 38 heavy (non-hydrogen) atoms. The van der Waals surface area contributed by atoms with Crippen LogP contribution in [0.4, 0.5) is 0 Å². The Morgan fingerprint density at radius 3 is 2.21 bits per heavy atom. The summed E-state index contributed by atoms with van der Waals surface area (Å²) in [5, 5.41) is 4.75. The maximum absolute atomic E-state index is 13.7. The van der Waals surface area contributed by atoms with Gasteiger partial charge in [0.1, 0.15) is 6.04 Å². The van der Waals surface area contributed by atoms with Gasteiger partial charge < -0.3 is 10.2 Å². The van der Waals surface area contributed by atoms with Crippen LogP contribution in [0.25, 0.3) is 0 Å². The summed E-state index contributed by atoms with van der Waals surface area (Å²) < 4.78 is 0. The molecule has 0 heterocycles. The average Bonchev–Trinajstić information content (AvgIpc) is 2.85. The number of rotatable bonds is 11. The van der Waals surface area contributed by atoms with E-state index in [2.05, 4.69) is 5.32 Å². The summed E-state index contributed by atoms with van der Waals surface area (Å²) in [4.78, 5) is 30.1. The number of carbonyl (C=O) groups excluding carboxylic acids is 2. The predicted octanol–water partition coefficient (Wildman–Crippen LogP) is 8.07. The second-order valence-electron chi connectivity index (χ2n) is 10.1. The fourth-order valence-corrected chi connectivity index (χ4v) is 5.38. The molecule has 2 amide bonds. The normalized spacial score (nSPS) is 12.2. The van der Waals surface area contributed by atoms with Gasteiger partial charge in [0, 0.05) is 44.9 Å². The van der Waals surface area contributed by atoms with Crippen LogP contribution >= 0.6 is 46.6 Å². The van der Waals surface area contributed by atoms with Gasteiger partial charge in [-0.05, 0) is 80.5 Å². The second-order valence-corrected chi connectivity index (χ2v) is 12.6. The molecule has 0 spiro atoms. The standard InChI is InChI=1S/C30H33Cl3N2O2S/c1-30(2,3)34-29(37)27(18-21-8-5-4-6-9-21)35(20-22-11-12-24(32)19-26(22)33)28(36)10-7-17-38-25-15-13-23(31)14-16-25/h4-6,8-9,11-16,19,27H,7,10,17-18,20H2,1-3H3,(H,34,37)/t27-/m0/s1. The van der Waals surface area contributed by atoms with Crippen molar-refractivity contribution in [2.24, 2.45) is 0 Å². The largest absolute Gasteiger partial charge is 0.350 e. The third-order valence-electron chi connectivity index (χ3n) is 5.74. The number of hydrogen-bond acceptors (Lipinski definition) is 3. The molecule has 0 unspecified atom stereocenters. The first-order chi connectivity index (χ1) is 18.0. The summed E-state index contributed by atoms with van der Waals surface area (Å²) in [5.74, 6) is 0.466. The summed E-state index contributed by atoms with van der Waals surface area (Å²) in [6.07, 6.45) is 1.36. The van der Waals surface area contributed by atoms with E-state index >= 15 is 0 Å². The maximum Gasteiger partial charge on any atom is 0.243 e. The smallest absolute Gasteiger partial charge is 0.243 e. The van der Waals surface area contributed by atoms with E-state index in [9.17, 15) is 9.59 Å². The lowest BCUT2D eigenvalue weighted by Crippen LogP contribution is -2.54. The Balaban J connectivity index is 1.84. The van der Waals surface area contributed by atoms with Crippen molar-refractivity contribution in [3.8, 4) is 0 Å². The topological polar surface area (TPSA) is 49.4 Å². The minimum Gasteiger partial charge on any atom is -0.350 e. The van der Waals surface area contributed by atoms with Crippen LogP contribution in [0.15, 0.2) is 77.7 Å². The minimum absolute atomic E-state index is 0.0993. The van der Waals surface area contributed by atoms with Crippen molar-refractivity contribution in [2.75, 3.05) is 5.75 Å². The zero-order chi connectivity index (χ0) is 27.7. The van der Waals surface area contributed by atoms with Crippen LogP contribution in [0.3, 0.4) is 0 Å². The zero-order valence-electron chi connectivity index (χ0n) is 21.8. The number of nitrogens with one attached hydrogen (secondary N) is 1. The number of benzene rings is 3. The molecule has 4 nitrogen and oxygen atoms in total. The van der Waals surface area contributed by atoms with E-state index in [1.165, 1.54) is 0 Å². The van der Waals surface area contributed by atoms with Crippen molar-refractivity contribution in [3.63, 3.8) is 0 Å². The Labute approximate surface area is 245 Å². The van der Waals surface area contributed by atoms with Gasteiger partial charge in [-0.1, -0.05) is 71.2 Å². The van der Waals surface area contributed by atoms with Crippen molar-refractivity contribution in [1.29, 1.82) is 0 Å². The van der Waals surface area contributed by atoms with Gasteiger partial charge in [0.15, 0.2) is 0 Å². The van der Waals surface area contributed by atoms with Crippen molar-refractivity contribution in [1.82, 2.24) is 10.2 Å². The van der Waals surface area contributed by atoms with Gasteiger partial charge in [-0.25, -0.2) is 0 Å². The fourth-order valence-electron chi connectivity index (χ4n) is 3.93. The zero-order valence-corrected chi connectivity index (χ0v) is 24.9. The van der Waals surface area contributed by atoms with E-state index < -0.39 is 11.6 Å². The molecule has 1 N–H and O–H groups in total. The van der Waals surface area contributed by atoms with Crippen LogP contribution in [-0.2, 0) is 22.6 Å². The fraction of sp³-hybridized carbons (Fsp3) is 0.333. The summed E-state index contributed by atoms with van der Waals surface area (Å²) in [6, 6.07) is 21.9. The molecule has 0 aliphatic rings. The number of hydrogen-bond donors (Lipinski definition) is 1. The van der Waals surface area contributed by atoms with Gasteiger partial charge in [0.25, 0.3) is 0 Å². The molecular weight excluding hydrogens is 559 g/mol. The molecule has 202 valence electrons. The third-order valence-corrected chi connectivity index (χ3v) is 7.68. The number of halogens is 3. The first kappa shape index (κ1) is 30.4. The van der Waals surface area contributed by atoms with Crippen molar-refractivity contribution < 1.29 is 9.59 Å². The Bertz CT molecular complexity index is 1210. The Kier molecular flexibility index (Phi) is 11.4. The number of nitrogens with zero attached hydrogens (tertiary/aromatic N) is 1. The summed E-state index contributed by atoms with van der Waals surface area (Å²) in [7, 11) is 0. The van der Waals surface area contributed by atoms with Crippen LogP contribution in [-0.4, -0.2) is 34.0 Å². The summed E-state index contributed by atoms with van der Waals surface area (Å²) in [6.45, 7) is 6.00. The van der Waals surface area contributed by atoms with Gasteiger partial charge in [-0.15, -0.1) is 11.8 Å². The lowest BCUT2D eigenvalue weighted by atomic mass is 10.00. The van der Waals surface area contributed by atoms with Crippen molar-refractivity contribution in [2.45, 2.75) is 63.1 Å². The van der Waals surface area contributed by atoms with Crippen molar-refractivity contribution in [3.05, 3.63) is 99.0 Å². The van der Waals surface area contributed by atoms with Crippen LogP contribution in [0.2, 0.25) is 15.1 Å². The first-order valence-electron chi connectivity index (χ1n) is 12.5. The highest BCUT2D eigenvalue weighted by Crippen LogP contribution is 2.26. The predicted molar refractivity (Wildman–Crippen MR) is 160 cm³/mol. The summed E-state index contributed by atoms with van der Waals surface area (Å²) >= 11 is 20.3. The second kappa shape index (κ2) is 14.3. The molecule has 0 radical (unpaired) electrons. The Hall–Kier alpha value is -2.18. The molecule has 0 bridgehead atoms. The average molecular weight is 592 g/mol. The maximum atomic E-state index is 13.7. The van der Waals surface area contributed by atoms with E-state index in [4.69, 9.17) is 34.8 Å². The molecule has 0 saturated carbocycles. The number of amides is 2. The van der Waals surface area contributed by atoms with Gasteiger partial charge >= 0.3 is 0 Å². The third kappa shape index (κ3) is 9.85. The molecule has 1 atom stereocenters. The Morgan fingerprint density at radius 1 is 0.921 bits per heavy atom. The minimum atomic E-state index is -0.709. The molecule has 3 aromatic rings. The molecule has 0 saturated heterocycles. The number of carbonyl (C=O) groups is 2. The molecule has 3 aromatic carbocycles. The van der Waals surface area contributed by atoms with Gasteiger partial charge in [0.2, 0.25) is 11.8 Å². The van der Waals surface area contributed by atoms with Crippen molar-refractivity contribution >= 4 is 58.4 Å². The molecular formula is C30H33Cl3N2O2S. The van der Waals surface area contributed by atoms with Crippen LogP contribution in [0.5, 0.6) is 0 Å². The quantitative estimate of drug-likeness (QED) is 0.181. The van der Waals surface area contributed by atoms with Crippen LogP contribution in [0.1, 0.15) is 44.7 Å². The highest BCUT2D eigenvalue weighted by molar-refractivity contribution is 7.99. The van der Waals surface area contributed by atoms with Crippen LogP contribution in [0, 0.1) is 0 Å². The monoisotopic (exact) mass is 590 g/mol. The lowest BCUT2D eigenvalue weighted by molar-refractivity contribution is -0.142. The van der Waals surface area contributed by atoms with E-state index in [-0.39, 0.29) is 18.4 Å². The molecule has 0 fully saturated rings. The Morgan fingerprint density at radius 2 is 1.58 bits per heavy atom. The highest BCUT2D eigenvalue weighted by Gasteiger charge is 2.32. The summed E-state index contributed by atoms with van der Waals surface area (Å²) in [5.41, 5.74) is 1.26. The molecule has 0 aliphatic carbocycles. The van der Waals surface area contributed by atoms with E-state index in [0.29, 0.717) is 34.3 Å². The molecule has 3 rings (SSSR count). The number of thioether (sulfide) groups is 1. The molecule has 0 aliphatic heterocycles. The van der Waals surface area contributed by atoms with Gasteiger partial charge in [0.05, 0.1) is 0 Å². The van der Waals surface area contributed by atoms with E-state index in [1.807, 2.05) is 81.4 Å². The highest BCUT2D eigenvalue weighted by atomic mass is 35.5.